The number of benzene rings is 1. The fraction of sp³-hybridized carbons (Fsp3) is 0.296. The number of imidazole rings is 1. The summed E-state index contributed by atoms with van der Waals surface area (Å²) in [6, 6.07) is 12.6. The zero-order chi connectivity index (χ0) is 29.1. The number of hydrogen-bond donors (Lipinski definition) is 1. The van der Waals surface area contributed by atoms with Gasteiger partial charge < -0.3 is 19.9 Å². The van der Waals surface area contributed by atoms with E-state index in [0.717, 1.165) is 16.2 Å². The van der Waals surface area contributed by atoms with E-state index in [1.54, 1.807) is 22.7 Å². The first-order chi connectivity index (χ1) is 19.7. The van der Waals surface area contributed by atoms with Crippen molar-refractivity contribution in [2.75, 3.05) is 43.3 Å². The van der Waals surface area contributed by atoms with E-state index in [2.05, 4.69) is 26.3 Å². The molecule has 4 aromatic rings. The zero-order valence-corrected chi connectivity index (χ0v) is 21.8. The lowest BCUT2D eigenvalue weighted by Crippen LogP contribution is -2.52. The number of amides is 1. The van der Waals surface area contributed by atoms with Crippen molar-refractivity contribution in [3.8, 4) is 23.2 Å². The van der Waals surface area contributed by atoms with Crippen molar-refractivity contribution in [2.45, 2.75) is 19.1 Å². The maximum Gasteiger partial charge on any atom is 0.471 e. The smallest absolute Gasteiger partial charge is 0.459 e. The number of nitriles is 1. The number of rotatable bonds is 7. The highest BCUT2D eigenvalue weighted by molar-refractivity contribution is 5.82. The first-order valence-electron chi connectivity index (χ1n) is 12.6. The highest BCUT2D eigenvalue weighted by atomic mass is 19.4. The van der Waals surface area contributed by atoms with Gasteiger partial charge in [-0.3, -0.25) is 9.20 Å². The van der Waals surface area contributed by atoms with Gasteiger partial charge >= 0.3 is 12.1 Å². The van der Waals surface area contributed by atoms with Gasteiger partial charge in [-0.15, -0.1) is 0 Å². The van der Waals surface area contributed by atoms with Gasteiger partial charge in [0.25, 0.3) is 0 Å². The second-order valence-corrected chi connectivity index (χ2v) is 9.27. The molecule has 0 saturated carbocycles. The van der Waals surface area contributed by atoms with Crippen molar-refractivity contribution in [3.63, 3.8) is 0 Å². The van der Waals surface area contributed by atoms with Gasteiger partial charge in [0.05, 0.1) is 29.7 Å². The Hall–Kier alpha value is -4.93. The molecule has 4 heterocycles. The fourth-order valence-corrected chi connectivity index (χ4v) is 4.66. The molecule has 0 aliphatic carbocycles. The van der Waals surface area contributed by atoms with Crippen LogP contribution in [0.1, 0.15) is 24.1 Å². The molecule has 10 nitrogen and oxygen atoms in total. The van der Waals surface area contributed by atoms with Crippen LogP contribution in [0.4, 0.5) is 29.2 Å². The molecule has 41 heavy (non-hydrogen) atoms. The monoisotopic (exact) mass is 568 g/mol. The van der Waals surface area contributed by atoms with Crippen molar-refractivity contribution >= 4 is 23.2 Å². The average Bonchev–Trinajstić information content (AvgIpc) is 3.42. The highest BCUT2D eigenvalue weighted by Crippen LogP contribution is 2.29. The van der Waals surface area contributed by atoms with Crippen molar-refractivity contribution in [1.82, 2.24) is 24.3 Å². The van der Waals surface area contributed by atoms with Crippen molar-refractivity contribution in [2.24, 2.45) is 0 Å². The molecule has 1 saturated heterocycles. The number of alkyl halides is 4. The summed E-state index contributed by atoms with van der Waals surface area (Å²) in [5.41, 5.74) is 3.17. The summed E-state index contributed by atoms with van der Waals surface area (Å²) in [4.78, 5) is 27.4. The fourth-order valence-electron chi connectivity index (χ4n) is 4.66. The molecule has 1 N–H and O–H groups in total. The van der Waals surface area contributed by atoms with Crippen molar-refractivity contribution in [3.05, 3.63) is 66.1 Å². The molecular weight excluding hydrogens is 544 g/mol. The predicted octanol–water partition coefficient (Wildman–Crippen LogP) is 4.35. The molecule has 1 amide bonds. The van der Waals surface area contributed by atoms with Crippen LogP contribution in [-0.4, -0.2) is 69.4 Å². The van der Waals surface area contributed by atoms with E-state index in [-0.39, 0.29) is 36.4 Å². The first-order valence-corrected chi connectivity index (χ1v) is 12.6. The maximum absolute atomic E-state index is 12.8. The summed E-state index contributed by atoms with van der Waals surface area (Å²) in [6.45, 7) is 1.47. The Morgan fingerprint density at radius 2 is 1.85 bits per heavy atom. The van der Waals surface area contributed by atoms with Crippen LogP contribution < -0.4 is 15.0 Å². The van der Waals surface area contributed by atoms with Crippen LogP contribution in [0.5, 0.6) is 5.75 Å². The Morgan fingerprint density at radius 1 is 1.12 bits per heavy atom. The topological polar surface area (TPSA) is 112 Å². The minimum atomic E-state index is -4.87. The molecule has 212 valence electrons. The summed E-state index contributed by atoms with van der Waals surface area (Å²) >= 11 is 0. The van der Waals surface area contributed by atoms with Gasteiger partial charge in [-0.1, -0.05) is 12.1 Å². The van der Waals surface area contributed by atoms with Crippen LogP contribution in [0.25, 0.3) is 17.0 Å². The molecular formula is C27H24F4N8O2. The molecule has 1 aliphatic rings. The number of carbonyl (C=O) groups is 1. The molecule has 1 aromatic carbocycles. The summed E-state index contributed by atoms with van der Waals surface area (Å²) in [6.07, 6.45) is -0.232. The Morgan fingerprint density at radius 3 is 2.51 bits per heavy atom. The lowest BCUT2D eigenvalue weighted by Gasteiger charge is -2.36. The SMILES string of the molecule is C[C@H](Nc1ncc(C#N)c(-c2cnc3c(OCF)cccn23)n1)c1ccc(N2CCN(C(=O)C(F)(F)F)CC2)cc1. The number of hydrogen-bond acceptors (Lipinski definition) is 8. The number of nitrogens with one attached hydrogen (secondary N) is 1. The summed E-state index contributed by atoms with van der Waals surface area (Å²) in [7, 11) is 0. The number of halogens is 4. The Bertz CT molecular complexity index is 1590. The molecule has 0 unspecified atom stereocenters. The molecule has 14 heteroatoms. The third-order valence-corrected chi connectivity index (χ3v) is 6.78. The lowest BCUT2D eigenvalue weighted by molar-refractivity contribution is -0.185. The molecule has 1 fully saturated rings. The number of aromatic nitrogens is 4. The molecule has 1 aliphatic heterocycles. The molecule has 0 spiro atoms. The van der Waals surface area contributed by atoms with E-state index in [4.69, 9.17) is 4.74 Å². The van der Waals surface area contributed by atoms with E-state index in [9.17, 15) is 27.6 Å². The van der Waals surface area contributed by atoms with Gasteiger partial charge in [0.2, 0.25) is 12.8 Å². The quantitative estimate of drug-likeness (QED) is 0.328. The summed E-state index contributed by atoms with van der Waals surface area (Å²) < 4.78 is 57.6. The second kappa shape index (κ2) is 11.3. The standard InChI is InChI=1S/C27H24F4N8O2/c1-17(18-4-6-20(7-5-18)37-9-11-38(12-10-37)25(40)27(29,30)31)35-26-34-14-19(13-32)23(36-26)21-15-33-24-22(41-16-28)3-2-8-39(21)24/h2-8,14-15,17H,9-12,16H2,1H3,(H,34,35,36)/t17-/m0/s1. The van der Waals surface area contributed by atoms with Crippen LogP contribution in [0.3, 0.4) is 0 Å². The number of carbonyl (C=O) groups excluding carboxylic acids is 1. The van der Waals surface area contributed by atoms with Gasteiger partial charge in [-0.05, 0) is 36.8 Å². The van der Waals surface area contributed by atoms with Gasteiger partial charge in [-0.2, -0.15) is 18.4 Å². The van der Waals surface area contributed by atoms with E-state index in [1.807, 2.05) is 36.1 Å². The van der Waals surface area contributed by atoms with Crippen molar-refractivity contribution in [1.29, 1.82) is 5.26 Å². The number of anilines is 2. The second-order valence-electron chi connectivity index (χ2n) is 9.27. The lowest BCUT2D eigenvalue weighted by atomic mass is 10.1. The average molecular weight is 569 g/mol. The van der Waals surface area contributed by atoms with Gasteiger partial charge in [-0.25, -0.2) is 19.3 Å². The normalized spacial score (nSPS) is 14.5. The molecule has 1 atom stereocenters. The number of fused-ring (bicyclic) bond motifs is 1. The van der Waals surface area contributed by atoms with Crippen molar-refractivity contribution < 1.29 is 27.1 Å². The summed E-state index contributed by atoms with van der Waals surface area (Å²) in [5.74, 6) is -1.29. The van der Waals surface area contributed by atoms with Gasteiger partial charge in [0.1, 0.15) is 11.8 Å². The van der Waals surface area contributed by atoms with E-state index in [1.165, 1.54) is 12.4 Å². The van der Waals surface area contributed by atoms with Crippen LogP contribution >= 0.6 is 0 Å². The molecule has 0 radical (unpaired) electrons. The predicted molar refractivity (Wildman–Crippen MR) is 141 cm³/mol. The number of pyridine rings is 1. The van der Waals surface area contributed by atoms with Crippen LogP contribution in [-0.2, 0) is 4.79 Å². The number of ether oxygens (including phenoxy) is 1. The third-order valence-electron chi connectivity index (χ3n) is 6.78. The van der Waals surface area contributed by atoms with E-state index >= 15 is 0 Å². The molecule has 3 aromatic heterocycles. The minimum Gasteiger partial charge on any atom is -0.459 e. The summed E-state index contributed by atoms with van der Waals surface area (Å²) in [5, 5.41) is 12.9. The van der Waals surface area contributed by atoms with Crippen LogP contribution in [0.15, 0.2) is 55.0 Å². The van der Waals surface area contributed by atoms with Gasteiger partial charge in [0.15, 0.2) is 11.4 Å². The largest absolute Gasteiger partial charge is 0.471 e. The minimum absolute atomic E-state index is 0.00687. The first kappa shape index (κ1) is 27.6. The highest BCUT2D eigenvalue weighted by Gasteiger charge is 2.43. The van der Waals surface area contributed by atoms with Gasteiger partial charge in [0, 0.05) is 38.1 Å². The zero-order valence-electron chi connectivity index (χ0n) is 21.8. The maximum atomic E-state index is 12.8. The Kier molecular flexibility index (Phi) is 7.60. The number of piperazine rings is 1. The van der Waals surface area contributed by atoms with Crippen LogP contribution in [0.2, 0.25) is 0 Å². The van der Waals surface area contributed by atoms with E-state index in [0.29, 0.717) is 30.1 Å². The Labute approximate surface area is 231 Å². The third kappa shape index (κ3) is 5.69. The van der Waals surface area contributed by atoms with Crippen LogP contribution in [0, 0.1) is 11.3 Å². The number of nitrogens with zero attached hydrogens (tertiary/aromatic N) is 7. The molecule has 0 bridgehead atoms. The Balaban J connectivity index is 1.29. The molecule has 5 rings (SSSR count). The van der Waals surface area contributed by atoms with E-state index < -0.39 is 18.9 Å².